The fraction of sp³-hybridized carbons (Fsp3) is 0.318. The molecule has 1 N–H and O–H groups in total. The Morgan fingerprint density at radius 1 is 1.10 bits per heavy atom. The van der Waals surface area contributed by atoms with Gasteiger partial charge in [-0.3, -0.25) is 4.79 Å². The average molecular weight is 392 g/mol. The zero-order valence-corrected chi connectivity index (χ0v) is 16.4. The van der Waals surface area contributed by atoms with Gasteiger partial charge in [-0.15, -0.1) is 5.10 Å². The van der Waals surface area contributed by atoms with E-state index < -0.39 is 0 Å². The summed E-state index contributed by atoms with van der Waals surface area (Å²) in [5.41, 5.74) is 3.14. The summed E-state index contributed by atoms with van der Waals surface area (Å²) in [6, 6.07) is 18.0. The molecule has 3 aromatic rings. The Bertz CT molecular complexity index is 948. The van der Waals surface area contributed by atoms with Crippen molar-refractivity contribution in [2.75, 3.05) is 19.8 Å². The minimum absolute atomic E-state index is 0.157. The molecule has 150 valence electrons. The molecule has 1 amide bonds. The minimum Gasteiger partial charge on any atom is -0.350 e. The second-order valence-electron chi connectivity index (χ2n) is 6.98. The van der Waals surface area contributed by atoms with E-state index in [0.717, 1.165) is 16.8 Å². The molecule has 2 heterocycles. The normalized spacial score (nSPS) is 14.2. The smallest absolute Gasteiger partial charge is 0.290 e. The number of nitrogens with zero attached hydrogens (tertiary/aromatic N) is 3. The molecule has 0 saturated carbocycles. The van der Waals surface area contributed by atoms with E-state index in [9.17, 15) is 4.79 Å². The Balaban J connectivity index is 1.53. The van der Waals surface area contributed by atoms with Crippen LogP contribution in [-0.4, -0.2) is 46.7 Å². The third kappa shape index (κ3) is 4.88. The van der Waals surface area contributed by atoms with Gasteiger partial charge >= 0.3 is 0 Å². The van der Waals surface area contributed by atoms with Gasteiger partial charge in [-0.05, 0) is 24.6 Å². The molecule has 1 fully saturated rings. The molecule has 0 aliphatic carbocycles. The highest BCUT2D eigenvalue weighted by Gasteiger charge is 2.19. The number of ether oxygens (including phenoxy) is 2. The highest BCUT2D eigenvalue weighted by Crippen LogP contribution is 2.15. The zero-order valence-electron chi connectivity index (χ0n) is 16.4. The first kappa shape index (κ1) is 19.3. The number of carbonyl (C=O) groups excluding carboxylic acids is 1. The standard InChI is InChI=1S/C22H24N4O3/c1-16-7-9-18(10-8-16)26-19(15-17-5-3-2-4-6-17)24-21(25-26)22(27)23-12-11-20-28-13-14-29-20/h2-10,20H,11-15H2,1H3,(H,23,27). The molecule has 7 nitrogen and oxygen atoms in total. The van der Waals surface area contributed by atoms with Crippen LogP contribution in [0.2, 0.25) is 0 Å². The van der Waals surface area contributed by atoms with Gasteiger partial charge in [-0.1, -0.05) is 48.0 Å². The van der Waals surface area contributed by atoms with E-state index in [1.165, 1.54) is 0 Å². The van der Waals surface area contributed by atoms with Gasteiger partial charge in [-0.25, -0.2) is 9.67 Å². The van der Waals surface area contributed by atoms with Gasteiger partial charge in [0.15, 0.2) is 6.29 Å². The highest BCUT2D eigenvalue weighted by atomic mass is 16.7. The molecule has 7 heteroatoms. The zero-order chi connectivity index (χ0) is 20.1. The Kier molecular flexibility index (Phi) is 5.97. The van der Waals surface area contributed by atoms with Gasteiger partial charge in [0.2, 0.25) is 5.82 Å². The lowest BCUT2D eigenvalue weighted by atomic mass is 10.1. The number of aryl methyl sites for hydroxylation is 1. The molecule has 29 heavy (non-hydrogen) atoms. The fourth-order valence-electron chi connectivity index (χ4n) is 3.18. The predicted molar refractivity (Wildman–Crippen MR) is 108 cm³/mol. The number of amides is 1. The van der Waals surface area contributed by atoms with Crippen LogP contribution in [0.15, 0.2) is 54.6 Å². The van der Waals surface area contributed by atoms with Crippen molar-refractivity contribution < 1.29 is 14.3 Å². The van der Waals surface area contributed by atoms with Crippen molar-refractivity contribution in [3.63, 3.8) is 0 Å². The first-order chi connectivity index (χ1) is 14.2. The third-order valence-corrected chi connectivity index (χ3v) is 4.72. The van der Waals surface area contributed by atoms with Crippen molar-refractivity contribution >= 4 is 5.91 Å². The molecule has 0 unspecified atom stereocenters. The van der Waals surface area contributed by atoms with Crippen LogP contribution in [0.1, 0.15) is 34.0 Å². The lowest BCUT2D eigenvalue weighted by molar-refractivity contribution is -0.0455. The van der Waals surface area contributed by atoms with E-state index in [2.05, 4.69) is 15.4 Å². The second-order valence-corrected chi connectivity index (χ2v) is 6.98. The summed E-state index contributed by atoms with van der Waals surface area (Å²) in [7, 11) is 0. The molecule has 1 saturated heterocycles. The van der Waals surface area contributed by atoms with E-state index in [0.29, 0.717) is 38.4 Å². The quantitative estimate of drug-likeness (QED) is 0.669. The predicted octanol–water partition coefficient (Wildman–Crippen LogP) is 2.66. The maximum absolute atomic E-state index is 12.6. The first-order valence-corrected chi connectivity index (χ1v) is 9.77. The molecular weight excluding hydrogens is 368 g/mol. The number of benzene rings is 2. The Morgan fingerprint density at radius 2 is 1.83 bits per heavy atom. The van der Waals surface area contributed by atoms with Crippen LogP contribution in [0.25, 0.3) is 5.69 Å². The number of carbonyl (C=O) groups is 1. The summed E-state index contributed by atoms with van der Waals surface area (Å²) < 4.78 is 12.5. The molecule has 1 aliphatic heterocycles. The van der Waals surface area contributed by atoms with E-state index >= 15 is 0 Å². The Labute approximate surface area is 169 Å². The maximum Gasteiger partial charge on any atom is 0.290 e. The number of nitrogens with one attached hydrogen (secondary N) is 1. The first-order valence-electron chi connectivity index (χ1n) is 9.77. The Morgan fingerprint density at radius 3 is 2.55 bits per heavy atom. The van der Waals surface area contributed by atoms with E-state index in [-0.39, 0.29) is 18.0 Å². The molecule has 0 spiro atoms. The van der Waals surface area contributed by atoms with Crippen LogP contribution >= 0.6 is 0 Å². The summed E-state index contributed by atoms with van der Waals surface area (Å²) in [6.45, 7) is 3.68. The van der Waals surface area contributed by atoms with Crippen molar-refractivity contribution in [1.29, 1.82) is 0 Å². The van der Waals surface area contributed by atoms with Crippen LogP contribution in [-0.2, 0) is 15.9 Å². The van der Waals surface area contributed by atoms with Crippen LogP contribution in [0.5, 0.6) is 0 Å². The van der Waals surface area contributed by atoms with Crippen molar-refractivity contribution in [1.82, 2.24) is 20.1 Å². The van der Waals surface area contributed by atoms with Gasteiger partial charge < -0.3 is 14.8 Å². The molecule has 0 bridgehead atoms. The topological polar surface area (TPSA) is 78.3 Å². The largest absolute Gasteiger partial charge is 0.350 e. The molecule has 1 aromatic heterocycles. The van der Waals surface area contributed by atoms with Crippen molar-refractivity contribution in [3.8, 4) is 5.69 Å². The lowest BCUT2D eigenvalue weighted by Crippen LogP contribution is -2.28. The van der Waals surface area contributed by atoms with E-state index in [1.807, 2.05) is 61.5 Å². The van der Waals surface area contributed by atoms with Gasteiger partial charge in [0, 0.05) is 19.4 Å². The summed E-state index contributed by atoms with van der Waals surface area (Å²) in [6.07, 6.45) is 0.932. The number of rotatable bonds is 7. The van der Waals surface area contributed by atoms with E-state index in [1.54, 1.807) is 4.68 Å². The lowest BCUT2D eigenvalue weighted by Gasteiger charge is -2.08. The van der Waals surface area contributed by atoms with Gasteiger partial charge in [-0.2, -0.15) is 0 Å². The monoisotopic (exact) mass is 392 g/mol. The van der Waals surface area contributed by atoms with Crippen LogP contribution in [0.4, 0.5) is 0 Å². The van der Waals surface area contributed by atoms with Crippen LogP contribution in [0.3, 0.4) is 0 Å². The number of aromatic nitrogens is 3. The maximum atomic E-state index is 12.6. The fourth-order valence-corrected chi connectivity index (χ4v) is 3.18. The van der Waals surface area contributed by atoms with Gasteiger partial charge in [0.1, 0.15) is 5.82 Å². The number of hydrogen-bond donors (Lipinski definition) is 1. The summed E-state index contributed by atoms with van der Waals surface area (Å²) in [4.78, 5) is 17.1. The van der Waals surface area contributed by atoms with Crippen molar-refractivity contribution in [2.45, 2.75) is 26.1 Å². The second kappa shape index (κ2) is 8.98. The third-order valence-electron chi connectivity index (χ3n) is 4.72. The highest BCUT2D eigenvalue weighted by molar-refractivity contribution is 5.90. The van der Waals surface area contributed by atoms with Crippen LogP contribution < -0.4 is 5.32 Å². The molecular formula is C22H24N4O3. The van der Waals surface area contributed by atoms with Crippen molar-refractivity contribution in [2.24, 2.45) is 0 Å². The van der Waals surface area contributed by atoms with Crippen LogP contribution in [0, 0.1) is 6.92 Å². The molecule has 4 rings (SSSR count). The SMILES string of the molecule is Cc1ccc(-n2nc(C(=O)NCCC3OCCO3)nc2Cc2ccccc2)cc1. The average Bonchev–Trinajstić information content (AvgIpc) is 3.40. The Hall–Kier alpha value is -3.03. The van der Waals surface area contributed by atoms with Gasteiger partial charge in [0.25, 0.3) is 5.91 Å². The van der Waals surface area contributed by atoms with E-state index in [4.69, 9.17) is 9.47 Å². The molecule has 1 aliphatic rings. The summed E-state index contributed by atoms with van der Waals surface area (Å²) in [5, 5.41) is 7.34. The van der Waals surface area contributed by atoms with Crippen molar-refractivity contribution in [3.05, 3.63) is 77.4 Å². The number of hydrogen-bond acceptors (Lipinski definition) is 5. The molecule has 0 atom stereocenters. The summed E-state index contributed by atoms with van der Waals surface area (Å²) in [5.74, 6) is 0.570. The van der Waals surface area contributed by atoms with Gasteiger partial charge in [0.05, 0.1) is 18.9 Å². The minimum atomic E-state index is -0.303. The molecule has 2 aromatic carbocycles. The summed E-state index contributed by atoms with van der Waals surface area (Å²) >= 11 is 0. The molecule has 0 radical (unpaired) electrons.